The van der Waals surface area contributed by atoms with E-state index >= 15 is 0 Å². The Labute approximate surface area is 145 Å². The molecule has 1 aliphatic rings. The van der Waals surface area contributed by atoms with E-state index in [2.05, 4.69) is 4.90 Å². The predicted octanol–water partition coefficient (Wildman–Crippen LogP) is 2.20. The minimum Gasteiger partial charge on any atom is -0.491 e. The molecule has 5 nitrogen and oxygen atoms in total. The van der Waals surface area contributed by atoms with E-state index in [1.165, 1.54) is 0 Å². The van der Waals surface area contributed by atoms with Crippen molar-refractivity contribution in [3.8, 4) is 5.75 Å². The van der Waals surface area contributed by atoms with Gasteiger partial charge in [0, 0.05) is 38.9 Å². The van der Waals surface area contributed by atoms with Crippen LogP contribution < -0.4 is 4.74 Å². The molecular formula is C19H30N2O3. The molecule has 24 heavy (non-hydrogen) atoms. The van der Waals surface area contributed by atoms with Gasteiger partial charge in [-0.1, -0.05) is 18.2 Å². The van der Waals surface area contributed by atoms with Gasteiger partial charge >= 0.3 is 0 Å². The van der Waals surface area contributed by atoms with Crippen LogP contribution in [0, 0.1) is 0 Å². The van der Waals surface area contributed by atoms with Crippen LogP contribution in [0.1, 0.15) is 25.8 Å². The molecule has 0 aliphatic carbocycles. The molecule has 1 aliphatic heterocycles. The molecule has 0 N–H and O–H groups in total. The van der Waals surface area contributed by atoms with Crippen LogP contribution in [0.3, 0.4) is 0 Å². The Morgan fingerprint density at radius 3 is 2.71 bits per heavy atom. The van der Waals surface area contributed by atoms with Gasteiger partial charge in [-0.3, -0.25) is 9.69 Å². The lowest BCUT2D eigenvalue weighted by Gasteiger charge is -2.22. The largest absolute Gasteiger partial charge is 0.491 e. The van der Waals surface area contributed by atoms with Gasteiger partial charge in [-0.05, 0) is 32.9 Å². The predicted molar refractivity (Wildman–Crippen MR) is 95.4 cm³/mol. The highest BCUT2D eigenvalue weighted by Crippen LogP contribution is 2.21. The summed E-state index contributed by atoms with van der Waals surface area (Å²) in [6.07, 6.45) is 1.52. The van der Waals surface area contributed by atoms with E-state index in [0.29, 0.717) is 6.42 Å². The Kier molecular flexibility index (Phi) is 7.53. The van der Waals surface area contributed by atoms with E-state index in [1.807, 2.05) is 43.0 Å². The second-order valence-electron chi connectivity index (χ2n) is 6.52. The van der Waals surface area contributed by atoms with Crippen molar-refractivity contribution in [1.29, 1.82) is 0 Å². The minimum atomic E-state index is 0.105. The summed E-state index contributed by atoms with van der Waals surface area (Å²) in [4.78, 5) is 17.1. The van der Waals surface area contributed by atoms with Crippen molar-refractivity contribution in [3.63, 3.8) is 0 Å². The molecule has 0 radical (unpaired) electrons. The minimum absolute atomic E-state index is 0.105. The summed E-state index contributed by atoms with van der Waals surface area (Å²) >= 11 is 0. The number of nitrogens with zero attached hydrogens (tertiary/aromatic N) is 2. The van der Waals surface area contributed by atoms with Crippen molar-refractivity contribution in [2.75, 3.05) is 46.4 Å². The molecule has 0 saturated carbocycles. The van der Waals surface area contributed by atoms with Crippen LogP contribution in [-0.4, -0.2) is 68.3 Å². The monoisotopic (exact) mass is 334 g/mol. The van der Waals surface area contributed by atoms with E-state index in [-0.39, 0.29) is 12.0 Å². The van der Waals surface area contributed by atoms with Crippen LogP contribution in [0.15, 0.2) is 24.3 Å². The van der Waals surface area contributed by atoms with Crippen molar-refractivity contribution < 1.29 is 14.3 Å². The van der Waals surface area contributed by atoms with Gasteiger partial charge in [0.2, 0.25) is 5.91 Å². The highest BCUT2D eigenvalue weighted by molar-refractivity contribution is 5.79. The summed E-state index contributed by atoms with van der Waals surface area (Å²) in [5, 5.41) is 0. The quantitative estimate of drug-likeness (QED) is 0.767. The fraction of sp³-hybridized carbons (Fsp3) is 0.632. The third-order valence-electron chi connectivity index (χ3n) is 4.23. The number of hydrogen-bond acceptors (Lipinski definition) is 4. The van der Waals surface area contributed by atoms with E-state index in [9.17, 15) is 4.79 Å². The lowest BCUT2D eigenvalue weighted by Crippen LogP contribution is -2.36. The molecule has 0 bridgehead atoms. The molecule has 1 aromatic carbocycles. The first-order chi connectivity index (χ1) is 11.6. The second-order valence-corrected chi connectivity index (χ2v) is 6.52. The fourth-order valence-corrected chi connectivity index (χ4v) is 2.96. The molecule has 1 amide bonds. The van der Waals surface area contributed by atoms with Gasteiger partial charge in [0.1, 0.15) is 5.75 Å². The second kappa shape index (κ2) is 9.64. The van der Waals surface area contributed by atoms with Gasteiger partial charge in [0.15, 0.2) is 0 Å². The number of carbonyl (C=O) groups is 1. The first-order valence-corrected chi connectivity index (χ1v) is 8.83. The van der Waals surface area contributed by atoms with Gasteiger partial charge < -0.3 is 14.4 Å². The first kappa shape index (κ1) is 18.7. The maximum Gasteiger partial charge on any atom is 0.227 e. The van der Waals surface area contributed by atoms with Crippen LogP contribution in [0.5, 0.6) is 5.75 Å². The Morgan fingerprint density at radius 2 is 1.96 bits per heavy atom. The number of methoxy groups -OCH3 is 1. The molecule has 1 fully saturated rings. The van der Waals surface area contributed by atoms with Crippen LogP contribution in [-0.2, 0) is 16.0 Å². The number of carbonyl (C=O) groups excluding carboxylic acids is 1. The standard InChI is InChI=1S/C19H30N2O3/c1-16(2)24-18-8-5-4-7-17(18)15-19(22)21-10-6-9-20(11-12-21)13-14-23-3/h4-5,7-8,16H,6,9-15H2,1-3H3. The van der Waals surface area contributed by atoms with Gasteiger partial charge in [0.25, 0.3) is 0 Å². The number of ether oxygens (including phenoxy) is 2. The van der Waals surface area contributed by atoms with E-state index in [4.69, 9.17) is 9.47 Å². The Hall–Kier alpha value is -1.59. The molecule has 0 unspecified atom stereocenters. The SMILES string of the molecule is COCCN1CCCN(C(=O)Cc2ccccc2OC(C)C)CC1. The van der Waals surface area contributed by atoms with Crippen LogP contribution in [0.25, 0.3) is 0 Å². The van der Waals surface area contributed by atoms with Crippen LogP contribution >= 0.6 is 0 Å². The normalized spacial score (nSPS) is 16.2. The van der Waals surface area contributed by atoms with Crippen molar-refractivity contribution >= 4 is 5.91 Å². The molecule has 5 heteroatoms. The number of para-hydroxylation sites is 1. The van der Waals surface area contributed by atoms with Crippen molar-refractivity contribution in [2.24, 2.45) is 0 Å². The summed E-state index contributed by atoms with van der Waals surface area (Å²) in [5.74, 6) is 1.00. The molecule has 134 valence electrons. The molecule has 2 rings (SSSR count). The number of rotatable bonds is 7. The van der Waals surface area contributed by atoms with Crippen molar-refractivity contribution in [3.05, 3.63) is 29.8 Å². The average Bonchev–Trinajstić information content (AvgIpc) is 2.80. The van der Waals surface area contributed by atoms with Gasteiger partial charge in [0.05, 0.1) is 19.1 Å². The van der Waals surface area contributed by atoms with Crippen LogP contribution in [0.2, 0.25) is 0 Å². The van der Waals surface area contributed by atoms with Crippen molar-refractivity contribution in [1.82, 2.24) is 9.80 Å². The highest BCUT2D eigenvalue weighted by Gasteiger charge is 2.20. The zero-order valence-electron chi connectivity index (χ0n) is 15.2. The zero-order chi connectivity index (χ0) is 17.4. The topological polar surface area (TPSA) is 42.0 Å². The smallest absolute Gasteiger partial charge is 0.227 e. The number of amides is 1. The molecule has 0 aromatic heterocycles. The van der Waals surface area contributed by atoms with Gasteiger partial charge in [-0.15, -0.1) is 0 Å². The zero-order valence-corrected chi connectivity index (χ0v) is 15.2. The van der Waals surface area contributed by atoms with E-state index in [1.54, 1.807) is 7.11 Å². The Morgan fingerprint density at radius 1 is 1.17 bits per heavy atom. The number of hydrogen-bond donors (Lipinski definition) is 0. The molecule has 0 atom stereocenters. The average molecular weight is 334 g/mol. The third-order valence-corrected chi connectivity index (χ3v) is 4.23. The molecule has 1 aromatic rings. The highest BCUT2D eigenvalue weighted by atomic mass is 16.5. The summed E-state index contributed by atoms with van der Waals surface area (Å²) in [7, 11) is 1.73. The summed E-state index contributed by atoms with van der Waals surface area (Å²) < 4.78 is 11.0. The molecule has 1 saturated heterocycles. The van der Waals surface area contributed by atoms with Crippen molar-refractivity contribution in [2.45, 2.75) is 32.8 Å². The third kappa shape index (κ3) is 5.80. The lowest BCUT2D eigenvalue weighted by molar-refractivity contribution is -0.130. The maximum atomic E-state index is 12.7. The van der Waals surface area contributed by atoms with E-state index in [0.717, 1.165) is 57.1 Å². The summed E-state index contributed by atoms with van der Waals surface area (Å²) in [5.41, 5.74) is 0.969. The van der Waals surface area contributed by atoms with Gasteiger partial charge in [-0.25, -0.2) is 0 Å². The summed E-state index contributed by atoms with van der Waals surface area (Å²) in [6, 6.07) is 7.84. The van der Waals surface area contributed by atoms with E-state index < -0.39 is 0 Å². The van der Waals surface area contributed by atoms with Crippen LogP contribution in [0.4, 0.5) is 0 Å². The number of benzene rings is 1. The molecular weight excluding hydrogens is 304 g/mol. The Bertz CT molecular complexity index is 519. The molecule has 1 heterocycles. The lowest BCUT2D eigenvalue weighted by atomic mass is 10.1. The van der Waals surface area contributed by atoms with Gasteiger partial charge in [-0.2, -0.15) is 0 Å². The maximum absolute atomic E-state index is 12.7. The molecule has 0 spiro atoms. The first-order valence-electron chi connectivity index (χ1n) is 8.83. The Balaban J connectivity index is 1.93. The summed E-state index contributed by atoms with van der Waals surface area (Å²) in [6.45, 7) is 9.24. The fourth-order valence-electron chi connectivity index (χ4n) is 2.96.